The lowest BCUT2D eigenvalue weighted by Crippen LogP contribution is -2.37. The highest BCUT2D eigenvalue weighted by atomic mass is 16.7. The smallest absolute Gasteiger partial charge is 0.325 e. The summed E-state index contributed by atoms with van der Waals surface area (Å²) in [4.78, 5) is 10.9. The molecule has 66 valence electrons. The number of hydrogen-bond donors (Lipinski definition) is 1. The SMILES string of the molecule is COCOC(=O)[C@@H](N)C(C)C. The molecule has 0 aromatic heterocycles. The number of methoxy groups -OCH3 is 1. The second-order valence-electron chi connectivity index (χ2n) is 2.64. The topological polar surface area (TPSA) is 61.5 Å². The molecule has 4 nitrogen and oxygen atoms in total. The van der Waals surface area contributed by atoms with Gasteiger partial charge in [0.05, 0.1) is 0 Å². The van der Waals surface area contributed by atoms with Gasteiger partial charge in [0.2, 0.25) is 0 Å². The molecule has 0 amide bonds. The van der Waals surface area contributed by atoms with Gasteiger partial charge in [-0.1, -0.05) is 13.8 Å². The lowest BCUT2D eigenvalue weighted by Gasteiger charge is -2.13. The summed E-state index contributed by atoms with van der Waals surface area (Å²) in [6.45, 7) is 3.69. The van der Waals surface area contributed by atoms with Crippen molar-refractivity contribution < 1.29 is 14.3 Å². The van der Waals surface area contributed by atoms with Crippen LogP contribution in [0.15, 0.2) is 0 Å². The fraction of sp³-hybridized carbons (Fsp3) is 0.857. The Balaban J connectivity index is 3.64. The Hall–Kier alpha value is -0.610. The van der Waals surface area contributed by atoms with E-state index in [0.717, 1.165) is 0 Å². The molecular formula is C7H15NO3. The summed E-state index contributed by atoms with van der Waals surface area (Å²) in [6.07, 6.45) is 0. The Labute approximate surface area is 66.7 Å². The summed E-state index contributed by atoms with van der Waals surface area (Å²) < 4.78 is 9.17. The van der Waals surface area contributed by atoms with E-state index >= 15 is 0 Å². The second kappa shape index (κ2) is 5.09. The van der Waals surface area contributed by atoms with Crippen molar-refractivity contribution in [3.05, 3.63) is 0 Å². The molecule has 0 aromatic carbocycles. The first-order valence-corrected chi connectivity index (χ1v) is 3.50. The Morgan fingerprint density at radius 1 is 1.55 bits per heavy atom. The summed E-state index contributed by atoms with van der Waals surface area (Å²) >= 11 is 0. The van der Waals surface area contributed by atoms with Gasteiger partial charge in [0.1, 0.15) is 6.04 Å². The Morgan fingerprint density at radius 2 is 2.09 bits per heavy atom. The quantitative estimate of drug-likeness (QED) is 0.470. The van der Waals surface area contributed by atoms with Crippen LogP contribution in [-0.2, 0) is 14.3 Å². The molecule has 0 bridgehead atoms. The number of carbonyl (C=O) groups is 1. The van der Waals surface area contributed by atoms with Crippen LogP contribution < -0.4 is 5.73 Å². The van der Waals surface area contributed by atoms with Crippen molar-refractivity contribution >= 4 is 5.97 Å². The van der Waals surface area contributed by atoms with Gasteiger partial charge in [0.25, 0.3) is 0 Å². The van der Waals surface area contributed by atoms with Crippen molar-refractivity contribution in [2.45, 2.75) is 19.9 Å². The van der Waals surface area contributed by atoms with Crippen LogP contribution in [0.3, 0.4) is 0 Å². The summed E-state index contributed by atoms with van der Waals surface area (Å²) in [5.74, 6) is -0.318. The molecule has 0 aliphatic rings. The van der Waals surface area contributed by atoms with Gasteiger partial charge in [-0.2, -0.15) is 0 Å². The zero-order chi connectivity index (χ0) is 8.85. The predicted octanol–water partition coefficient (Wildman–Crippen LogP) is 0.117. The lowest BCUT2D eigenvalue weighted by atomic mass is 10.1. The van der Waals surface area contributed by atoms with Crippen LogP contribution in [-0.4, -0.2) is 25.9 Å². The van der Waals surface area contributed by atoms with Crippen LogP contribution in [0.1, 0.15) is 13.8 Å². The van der Waals surface area contributed by atoms with E-state index in [4.69, 9.17) is 5.73 Å². The van der Waals surface area contributed by atoms with E-state index < -0.39 is 12.0 Å². The lowest BCUT2D eigenvalue weighted by molar-refractivity contribution is -0.156. The Bertz CT molecular complexity index is 125. The minimum atomic E-state index is -0.551. The molecule has 0 saturated heterocycles. The third-order valence-corrected chi connectivity index (χ3v) is 1.31. The van der Waals surface area contributed by atoms with Gasteiger partial charge in [-0.05, 0) is 5.92 Å². The largest absolute Gasteiger partial charge is 0.437 e. The molecule has 0 aliphatic heterocycles. The molecule has 0 aliphatic carbocycles. The van der Waals surface area contributed by atoms with Crippen LogP contribution >= 0.6 is 0 Å². The number of nitrogens with two attached hydrogens (primary N) is 1. The van der Waals surface area contributed by atoms with Crippen molar-refractivity contribution in [2.75, 3.05) is 13.9 Å². The molecule has 0 saturated carbocycles. The minimum Gasteiger partial charge on any atom is -0.437 e. The zero-order valence-electron chi connectivity index (χ0n) is 7.16. The van der Waals surface area contributed by atoms with E-state index in [1.807, 2.05) is 13.8 Å². The summed E-state index contributed by atoms with van der Waals surface area (Å²) in [5, 5.41) is 0. The molecule has 2 N–H and O–H groups in total. The van der Waals surface area contributed by atoms with Crippen molar-refractivity contribution in [3.8, 4) is 0 Å². The van der Waals surface area contributed by atoms with Gasteiger partial charge < -0.3 is 15.2 Å². The fourth-order valence-electron chi connectivity index (χ4n) is 0.485. The number of esters is 1. The van der Waals surface area contributed by atoms with E-state index in [9.17, 15) is 4.79 Å². The minimum absolute atomic E-state index is 0.0285. The van der Waals surface area contributed by atoms with Crippen molar-refractivity contribution in [2.24, 2.45) is 11.7 Å². The fourth-order valence-corrected chi connectivity index (χ4v) is 0.485. The number of carbonyl (C=O) groups excluding carboxylic acids is 1. The maximum Gasteiger partial charge on any atom is 0.325 e. The van der Waals surface area contributed by atoms with Crippen LogP contribution in [0.2, 0.25) is 0 Å². The molecule has 0 fully saturated rings. The third kappa shape index (κ3) is 3.95. The first-order valence-electron chi connectivity index (χ1n) is 3.50. The molecular weight excluding hydrogens is 146 g/mol. The van der Waals surface area contributed by atoms with Crippen LogP contribution in [0, 0.1) is 5.92 Å². The van der Waals surface area contributed by atoms with Gasteiger partial charge in [-0.25, -0.2) is 0 Å². The first-order chi connectivity index (χ1) is 5.09. The number of rotatable bonds is 4. The van der Waals surface area contributed by atoms with Crippen molar-refractivity contribution in [1.82, 2.24) is 0 Å². The second-order valence-corrected chi connectivity index (χ2v) is 2.64. The monoisotopic (exact) mass is 161 g/mol. The van der Waals surface area contributed by atoms with Gasteiger partial charge in [0.15, 0.2) is 6.79 Å². The molecule has 11 heavy (non-hydrogen) atoms. The Morgan fingerprint density at radius 3 is 2.45 bits per heavy atom. The summed E-state index contributed by atoms with van der Waals surface area (Å²) in [6, 6.07) is -0.551. The van der Waals surface area contributed by atoms with Crippen molar-refractivity contribution in [3.63, 3.8) is 0 Å². The van der Waals surface area contributed by atoms with E-state index in [-0.39, 0.29) is 12.7 Å². The molecule has 0 aromatic rings. The normalized spacial score (nSPS) is 13.2. The Kier molecular flexibility index (Phi) is 4.81. The molecule has 4 heteroatoms. The summed E-state index contributed by atoms with van der Waals surface area (Å²) in [7, 11) is 1.45. The van der Waals surface area contributed by atoms with E-state index in [1.165, 1.54) is 7.11 Å². The number of hydrogen-bond acceptors (Lipinski definition) is 4. The molecule has 0 heterocycles. The maximum absolute atomic E-state index is 10.9. The zero-order valence-corrected chi connectivity index (χ0v) is 7.16. The maximum atomic E-state index is 10.9. The molecule has 0 rings (SSSR count). The van der Waals surface area contributed by atoms with Gasteiger partial charge in [0, 0.05) is 7.11 Å². The highest BCUT2D eigenvalue weighted by molar-refractivity contribution is 5.75. The molecule has 0 unspecified atom stereocenters. The number of ether oxygens (including phenoxy) is 2. The van der Waals surface area contributed by atoms with E-state index in [0.29, 0.717) is 0 Å². The van der Waals surface area contributed by atoms with Gasteiger partial charge in [-0.15, -0.1) is 0 Å². The average molecular weight is 161 g/mol. The predicted molar refractivity (Wildman–Crippen MR) is 40.8 cm³/mol. The van der Waals surface area contributed by atoms with E-state index in [2.05, 4.69) is 9.47 Å². The van der Waals surface area contributed by atoms with Gasteiger partial charge in [-0.3, -0.25) is 4.79 Å². The average Bonchev–Trinajstić information content (AvgIpc) is 1.98. The van der Waals surface area contributed by atoms with E-state index in [1.54, 1.807) is 0 Å². The highest BCUT2D eigenvalue weighted by Gasteiger charge is 2.18. The van der Waals surface area contributed by atoms with Crippen LogP contribution in [0.5, 0.6) is 0 Å². The third-order valence-electron chi connectivity index (χ3n) is 1.31. The van der Waals surface area contributed by atoms with Gasteiger partial charge >= 0.3 is 5.97 Å². The van der Waals surface area contributed by atoms with Crippen LogP contribution in [0.25, 0.3) is 0 Å². The van der Waals surface area contributed by atoms with Crippen molar-refractivity contribution in [1.29, 1.82) is 0 Å². The highest BCUT2D eigenvalue weighted by Crippen LogP contribution is 1.99. The first kappa shape index (κ1) is 10.4. The standard InChI is InChI=1S/C7H15NO3/c1-5(2)6(8)7(9)11-4-10-3/h5-6H,4,8H2,1-3H3/t6-/m0/s1. The van der Waals surface area contributed by atoms with Crippen LogP contribution in [0.4, 0.5) is 0 Å². The molecule has 1 atom stereocenters. The summed E-state index contributed by atoms with van der Waals surface area (Å²) in [5.41, 5.74) is 5.47. The molecule has 0 spiro atoms. The molecule has 0 radical (unpaired) electrons.